The van der Waals surface area contributed by atoms with Crippen molar-refractivity contribution in [1.29, 1.82) is 0 Å². The average Bonchev–Trinajstić information content (AvgIpc) is 3.08. The number of hydrogen-bond donors (Lipinski definition) is 3. The Balaban J connectivity index is 1.62. The Bertz CT molecular complexity index is 931. The van der Waals surface area contributed by atoms with Crippen molar-refractivity contribution in [3.05, 3.63) is 24.0 Å². The number of ether oxygens (including phenoxy) is 1. The molecule has 0 bridgehead atoms. The number of urea groups is 1. The summed E-state index contributed by atoms with van der Waals surface area (Å²) in [4.78, 5) is 15.8. The molecule has 0 atom stereocenters. The fourth-order valence-corrected chi connectivity index (χ4v) is 2.29. The van der Waals surface area contributed by atoms with E-state index in [-0.39, 0.29) is 11.6 Å². The predicted molar refractivity (Wildman–Crippen MR) is 86.0 cm³/mol. The molecule has 3 N–H and O–H groups in total. The van der Waals surface area contributed by atoms with Crippen molar-refractivity contribution in [1.82, 2.24) is 25.0 Å². The van der Waals surface area contributed by atoms with Gasteiger partial charge in [-0.15, -0.1) is 0 Å². The monoisotopic (exact) mass is 369 g/mol. The number of amides is 2. The van der Waals surface area contributed by atoms with E-state index >= 15 is 0 Å². The standard InChI is InChI=1S/C14H14F3N7O2/c1-7-10-11(21-22-12(10)24(2)23-7)20-13(25)19-8-3-4-9(18-5-8)26-6-14(15,16)17/h3-5H,6H2,1-2H3,(H3,19,20,21,22,25). The number of anilines is 2. The zero-order valence-corrected chi connectivity index (χ0v) is 13.7. The van der Waals surface area contributed by atoms with E-state index in [0.717, 1.165) is 0 Å². The molecule has 12 heteroatoms. The second-order valence-corrected chi connectivity index (χ2v) is 5.37. The number of fused-ring (bicyclic) bond motifs is 1. The summed E-state index contributed by atoms with van der Waals surface area (Å²) in [6.07, 6.45) is -3.26. The minimum atomic E-state index is -4.45. The molecule has 0 fully saturated rings. The predicted octanol–water partition coefficient (Wildman–Crippen LogP) is 2.58. The van der Waals surface area contributed by atoms with Gasteiger partial charge in [0.05, 0.1) is 23.0 Å². The van der Waals surface area contributed by atoms with Gasteiger partial charge in [-0.25, -0.2) is 14.5 Å². The maximum atomic E-state index is 12.1. The number of hydrogen-bond acceptors (Lipinski definition) is 5. The number of aromatic amines is 1. The molecule has 0 aliphatic rings. The molecule has 138 valence electrons. The highest BCUT2D eigenvalue weighted by molar-refractivity contribution is 6.04. The minimum absolute atomic E-state index is 0.199. The van der Waals surface area contributed by atoms with Crippen molar-refractivity contribution >= 4 is 28.6 Å². The van der Waals surface area contributed by atoms with E-state index in [1.165, 1.54) is 18.3 Å². The molecule has 0 saturated carbocycles. The number of aromatic nitrogens is 5. The summed E-state index contributed by atoms with van der Waals surface area (Å²) in [5.41, 5.74) is 1.56. The van der Waals surface area contributed by atoms with E-state index in [1.54, 1.807) is 18.7 Å². The van der Waals surface area contributed by atoms with Gasteiger partial charge in [-0.05, 0) is 13.0 Å². The largest absolute Gasteiger partial charge is 0.468 e. The molecule has 0 spiro atoms. The molecule has 3 aromatic rings. The highest BCUT2D eigenvalue weighted by Gasteiger charge is 2.28. The summed E-state index contributed by atoms with van der Waals surface area (Å²) in [7, 11) is 1.73. The lowest BCUT2D eigenvalue weighted by Crippen LogP contribution is -2.20. The number of nitrogens with one attached hydrogen (secondary N) is 3. The van der Waals surface area contributed by atoms with Gasteiger partial charge in [0.15, 0.2) is 12.3 Å². The Labute approximate surface area is 144 Å². The van der Waals surface area contributed by atoms with Gasteiger partial charge in [0.2, 0.25) is 5.88 Å². The maximum Gasteiger partial charge on any atom is 0.422 e. The molecule has 0 aliphatic heterocycles. The second-order valence-electron chi connectivity index (χ2n) is 5.37. The van der Waals surface area contributed by atoms with Crippen LogP contribution in [0, 0.1) is 6.92 Å². The molecule has 26 heavy (non-hydrogen) atoms. The van der Waals surface area contributed by atoms with Crippen LogP contribution in [0.5, 0.6) is 5.88 Å². The summed E-state index contributed by atoms with van der Waals surface area (Å²) in [6.45, 7) is 0.345. The van der Waals surface area contributed by atoms with Crippen molar-refractivity contribution in [2.75, 3.05) is 17.2 Å². The zero-order valence-electron chi connectivity index (χ0n) is 13.7. The summed E-state index contributed by atoms with van der Waals surface area (Å²) < 4.78 is 42.3. The van der Waals surface area contributed by atoms with Gasteiger partial charge >= 0.3 is 12.2 Å². The Morgan fingerprint density at radius 2 is 2.12 bits per heavy atom. The molecule has 2 amide bonds. The molecule has 0 unspecified atom stereocenters. The van der Waals surface area contributed by atoms with Crippen molar-refractivity contribution in [2.24, 2.45) is 7.05 Å². The first-order valence-corrected chi connectivity index (χ1v) is 7.34. The van der Waals surface area contributed by atoms with Crippen molar-refractivity contribution in [3.8, 4) is 5.88 Å². The summed E-state index contributed by atoms with van der Waals surface area (Å²) >= 11 is 0. The van der Waals surface area contributed by atoms with Crippen LogP contribution in [0.25, 0.3) is 11.0 Å². The first kappa shape index (κ1) is 17.5. The van der Waals surface area contributed by atoms with Gasteiger partial charge < -0.3 is 10.1 Å². The van der Waals surface area contributed by atoms with E-state index in [1.807, 2.05) is 0 Å². The molecule has 0 saturated heterocycles. The van der Waals surface area contributed by atoms with Crippen molar-refractivity contribution < 1.29 is 22.7 Å². The van der Waals surface area contributed by atoms with Crippen LogP contribution in [0.3, 0.4) is 0 Å². The zero-order chi connectivity index (χ0) is 18.9. The van der Waals surface area contributed by atoms with Crippen LogP contribution in [-0.2, 0) is 7.05 Å². The highest BCUT2D eigenvalue weighted by atomic mass is 19.4. The fourth-order valence-electron chi connectivity index (χ4n) is 2.29. The van der Waals surface area contributed by atoms with Crippen LogP contribution in [0.4, 0.5) is 29.5 Å². The van der Waals surface area contributed by atoms with Gasteiger partial charge in [-0.3, -0.25) is 10.4 Å². The van der Waals surface area contributed by atoms with Crippen molar-refractivity contribution in [3.63, 3.8) is 0 Å². The third-order valence-electron chi connectivity index (χ3n) is 3.33. The van der Waals surface area contributed by atoms with Gasteiger partial charge in [-0.1, -0.05) is 0 Å². The lowest BCUT2D eigenvalue weighted by atomic mass is 10.3. The number of aryl methyl sites for hydroxylation is 2. The smallest absolute Gasteiger partial charge is 0.422 e. The Morgan fingerprint density at radius 3 is 2.77 bits per heavy atom. The van der Waals surface area contributed by atoms with E-state index in [0.29, 0.717) is 22.5 Å². The summed E-state index contributed by atoms with van der Waals surface area (Å²) in [6, 6.07) is 2.02. The van der Waals surface area contributed by atoms with Gasteiger partial charge in [0.25, 0.3) is 0 Å². The summed E-state index contributed by atoms with van der Waals surface area (Å²) in [5.74, 6) is 0.177. The first-order valence-electron chi connectivity index (χ1n) is 7.34. The van der Waals surface area contributed by atoms with Crippen LogP contribution in [0.2, 0.25) is 0 Å². The van der Waals surface area contributed by atoms with Crippen LogP contribution in [-0.4, -0.2) is 43.8 Å². The summed E-state index contributed by atoms with van der Waals surface area (Å²) in [5, 5.41) is 16.8. The molecule has 3 rings (SSSR count). The molecular formula is C14H14F3N7O2. The normalized spacial score (nSPS) is 11.6. The third-order valence-corrected chi connectivity index (χ3v) is 3.33. The number of pyridine rings is 1. The minimum Gasteiger partial charge on any atom is -0.468 e. The lowest BCUT2D eigenvalue weighted by Gasteiger charge is -2.09. The molecule has 3 heterocycles. The molecule has 0 aromatic carbocycles. The van der Waals surface area contributed by atoms with Gasteiger partial charge in [-0.2, -0.15) is 23.4 Å². The third kappa shape index (κ3) is 3.84. The van der Waals surface area contributed by atoms with E-state index < -0.39 is 18.8 Å². The van der Waals surface area contributed by atoms with E-state index in [9.17, 15) is 18.0 Å². The molecule has 3 aromatic heterocycles. The average molecular weight is 369 g/mol. The quantitative estimate of drug-likeness (QED) is 0.655. The maximum absolute atomic E-state index is 12.1. The number of rotatable bonds is 4. The molecule has 0 radical (unpaired) electrons. The number of H-pyrrole nitrogens is 1. The van der Waals surface area contributed by atoms with Gasteiger partial charge in [0, 0.05) is 13.1 Å². The number of carbonyl (C=O) groups is 1. The molecular weight excluding hydrogens is 355 g/mol. The number of carbonyl (C=O) groups excluding carboxylic acids is 1. The van der Waals surface area contributed by atoms with Crippen LogP contribution < -0.4 is 15.4 Å². The Morgan fingerprint density at radius 1 is 1.35 bits per heavy atom. The topological polar surface area (TPSA) is 110 Å². The van der Waals surface area contributed by atoms with Gasteiger partial charge in [0.1, 0.15) is 5.82 Å². The molecule has 0 aliphatic carbocycles. The van der Waals surface area contributed by atoms with Crippen LogP contribution in [0.15, 0.2) is 18.3 Å². The van der Waals surface area contributed by atoms with E-state index in [2.05, 4.69) is 35.7 Å². The van der Waals surface area contributed by atoms with E-state index in [4.69, 9.17) is 0 Å². The first-order chi connectivity index (χ1) is 12.2. The number of nitrogens with zero attached hydrogens (tertiary/aromatic N) is 4. The van der Waals surface area contributed by atoms with Crippen molar-refractivity contribution in [2.45, 2.75) is 13.1 Å². The number of halogens is 3. The second kappa shape index (κ2) is 6.54. The van der Waals surface area contributed by atoms with Crippen LogP contribution >= 0.6 is 0 Å². The van der Waals surface area contributed by atoms with Crippen LogP contribution in [0.1, 0.15) is 5.69 Å². The highest BCUT2D eigenvalue weighted by Crippen LogP contribution is 2.23. The SMILES string of the molecule is Cc1nn(C)c2n[nH]c(NC(=O)Nc3ccc(OCC(F)(F)F)nc3)c12. The Hall–Kier alpha value is -3.31. The molecule has 9 nitrogen and oxygen atoms in total. The lowest BCUT2D eigenvalue weighted by molar-refractivity contribution is -0.154. The number of alkyl halides is 3. The Kier molecular flexibility index (Phi) is 4.40. The fraction of sp³-hybridized carbons (Fsp3) is 0.286.